The second kappa shape index (κ2) is 11.1. The van der Waals surface area contributed by atoms with Crippen LogP contribution < -0.4 is 14.4 Å². The van der Waals surface area contributed by atoms with Gasteiger partial charge in [0.2, 0.25) is 0 Å². The summed E-state index contributed by atoms with van der Waals surface area (Å²) in [5.41, 5.74) is 0.921. The van der Waals surface area contributed by atoms with Crippen molar-refractivity contribution in [3.63, 3.8) is 0 Å². The van der Waals surface area contributed by atoms with Gasteiger partial charge in [-0.3, -0.25) is 0 Å². The van der Waals surface area contributed by atoms with Crippen LogP contribution in [0.5, 0.6) is 11.5 Å². The van der Waals surface area contributed by atoms with Gasteiger partial charge in [-0.05, 0) is 36.4 Å². The zero-order valence-corrected chi connectivity index (χ0v) is 16.3. The van der Waals surface area contributed by atoms with Crippen LogP contribution >= 0.6 is 0 Å². The first-order chi connectivity index (χ1) is 14.2. The molecule has 0 heterocycles. The molecule has 0 aromatic heterocycles. The number of anilines is 1. The normalized spacial score (nSPS) is 12.8. The third kappa shape index (κ3) is 7.14. The van der Waals surface area contributed by atoms with E-state index in [9.17, 15) is 10.2 Å². The summed E-state index contributed by atoms with van der Waals surface area (Å²) >= 11 is 0. The van der Waals surface area contributed by atoms with Crippen molar-refractivity contribution < 1.29 is 19.7 Å². The molecule has 2 atom stereocenters. The highest BCUT2D eigenvalue weighted by atomic mass is 16.5. The van der Waals surface area contributed by atoms with Gasteiger partial charge >= 0.3 is 0 Å². The van der Waals surface area contributed by atoms with Gasteiger partial charge in [-0.2, -0.15) is 0 Å². The van der Waals surface area contributed by atoms with Crippen molar-refractivity contribution in [1.29, 1.82) is 0 Å². The zero-order valence-electron chi connectivity index (χ0n) is 16.3. The number of ether oxygens (including phenoxy) is 2. The fraction of sp³-hybridized carbons (Fsp3) is 0.250. The first kappa shape index (κ1) is 20.7. The van der Waals surface area contributed by atoms with Crippen molar-refractivity contribution in [3.05, 3.63) is 91.0 Å². The van der Waals surface area contributed by atoms with Crippen molar-refractivity contribution in [2.45, 2.75) is 12.2 Å². The van der Waals surface area contributed by atoms with Crippen molar-refractivity contribution in [2.24, 2.45) is 0 Å². The number of hydrogen-bond acceptors (Lipinski definition) is 5. The Morgan fingerprint density at radius 3 is 1.38 bits per heavy atom. The van der Waals surface area contributed by atoms with Crippen LogP contribution in [-0.4, -0.2) is 48.7 Å². The number of aliphatic hydroxyl groups is 2. The molecule has 0 radical (unpaired) electrons. The third-order valence-corrected chi connectivity index (χ3v) is 4.35. The van der Waals surface area contributed by atoms with Gasteiger partial charge < -0.3 is 24.6 Å². The molecular formula is C24H27NO4. The summed E-state index contributed by atoms with van der Waals surface area (Å²) in [6.45, 7) is 1.01. The van der Waals surface area contributed by atoms with Gasteiger partial charge in [-0.15, -0.1) is 0 Å². The van der Waals surface area contributed by atoms with Gasteiger partial charge in [0.15, 0.2) is 0 Å². The molecular weight excluding hydrogens is 366 g/mol. The highest BCUT2D eigenvalue weighted by Gasteiger charge is 2.17. The summed E-state index contributed by atoms with van der Waals surface area (Å²) < 4.78 is 11.3. The summed E-state index contributed by atoms with van der Waals surface area (Å²) in [4.78, 5) is 1.94. The van der Waals surface area contributed by atoms with Crippen molar-refractivity contribution in [3.8, 4) is 11.5 Å². The van der Waals surface area contributed by atoms with Crippen LogP contribution in [0.4, 0.5) is 5.69 Å². The molecule has 0 amide bonds. The van der Waals surface area contributed by atoms with E-state index in [4.69, 9.17) is 9.47 Å². The molecule has 3 rings (SSSR count). The molecule has 2 N–H and O–H groups in total. The molecule has 3 aromatic rings. The smallest absolute Gasteiger partial charge is 0.119 e. The van der Waals surface area contributed by atoms with Crippen LogP contribution in [0.3, 0.4) is 0 Å². The SMILES string of the molecule is OC(COc1ccccc1)CN(CC(O)COc1ccccc1)c1ccccc1. The molecule has 0 bridgehead atoms. The second-order valence-corrected chi connectivity index (χ2v) is 6.80. The van der Waals surface area contributed by atoms with Gasteiger partial charge in [-0.1, -0.05) is 54.6 Å². The van der Waals surface area contributed by atoms with E-state index < -0.39 is 12.2 Å². The highest BCUT2D eigenvalue weighted by Crippen LogP contribution is 2.16. The molecule has 0 saturated carbocycles. The van der Waals surface area contributed by atoms with E-state index >= 15 is 0 Å². The third-order valence-electron chi connectivity index (χ3n) is 4.35. The van der Waals surface area contributed by atoms with E-state index in [1.807, 2.05) is 95.9 Å². The minimum atomic E-state index is -0.711. The Balaban J connectivity index is 1.55. The predicted octanol–water partition coefficient (Wildman–Crippen LogP) is 3.37. The summed E-state index contributed by atoms with van der Waals surface area (Å²) in [5.74, 6) is 1.43. The Morgan fingerprint density at radius 1 is 0.586 bits per heavy atom. The number of benzene rings is 3. The summed E-state index contributed by atoms with van der Waals surface area (Å²) in [5, 5.41) is 21.0. The maximum atomic E-state index is 10.5. The largest absolute Gasteiger partial charge is 0.491 e. The highest BCUT2D eigenvalue weighted by molar-refractivity contribution is 5.46. The van der Waals surface area contributed by atoms with E-state index in [-0.39, 0.29) is 13.2 Å². The number of nitrogens with zero attached hydrogens (tertiary/aromatic N) is 1. The van der Waals surface area contributed by atoms with Crippen LogP contribution in [0.1, 0.15) is 0 Å². The topological polar surface area (TPSA) is 62.2 Å². The monoisotopic (exact) mass is 393 g/mol. The van der Waals surface area contributed by atoms with Gasteiger partial charge in [0.05, 0.1) is 0 Å². The molecule has 0 spiro atoms. The molecule has 5 heteroatoms. The number of aliphatic hydroxyl groups excluding tert-OH is 2. The Kier molecular flexibility index (Phi) is 7.92. The summed E-state index contributed by atoms with van der Waals surface area (Å²) in [6, 6.07) is 28.5. The first-order valence-electron chi connectivity index (χ1n) is 9.72. The van der Waals surface area contributed by atoms with Gasteiger partial charge in [0.25, 0.3) is 0 Å². The second-order valence-electron chi connectivity index (χ2n) is 6.80. The number of hydrogen-bond donors (Lipinski definition) is 2. The van der Waals surface area contributed by atoms with Crippen LogP contribution in [0.15, 0.2) is 91.0 Å². The van der Waals surface area contributed by atoms with Crippen LogP contribution in [-0.2, 0) is 0 Å². The van der Waals surface area contributed by atoms with Gasteiger partial charge in [0.1, 0.15) is 36.9 Å². The molecule has 0 aliphatic heterocycles. The lowest BCUT2D eigenvalue weighted by atomic mass is 10.2. The lowest BCUT2D eigenvalue weighted by molar-refractivity contribution is 0.0954. The van der Waals surface area contributed by atoms with Gasteiger partial charge in [0, 0.05) is 18.8 Å². The summed E-state index contributed by atoms with van der Waals surface area (Å²) in [7, 11) is 0. The van der Waals surface area contributed by atoms with E-state index in [0.717, 1.165) is 5.69 Å². The molecule has 152 valence electrons. The number of rotatable bonds is 11. The van der Waals surface area contributed by atoms with Gasteiger partial charge in [-0.25, -0.2) is 0 Å². The van der Waals surface area contributed by atoms with Crippen molar-refractivity contribution in [2.75, 3.05) is 31.2 Å². The predicted molar refractivity (Wildman–Crippen MR) is 115 cm³/mol. The lowest BCUT2D eigenvalue weighted by Gasteiger charge is -2.29. The molecule has 29 heavy (non-hydrogen) atoms. The molecule has 3 aromatic carbocycles. The van der Waals surface area contributed by atoms with Crippen LogP contribution in [0.25, 0.3) is 0 Å². The first-order valence-corrected chi connectivity index (χ1v) is 9.72. The van der Waals surface area contributed by atoms with Crippen molar-refractivity contribution in [1.82, 2.24) is 0 Å². The number of para-hydroxylation sites is 3. The average Bonchev–Trinajstić information content (AvgIpc) is 2.78. The fourth-order valence-corrected chi connectivity index (χ4v) is 2.96. The Bertz CT molecular complexity index is 763. The molecule has 2 unspecified atom stereocenters. The molecule has 0 fully saturated rings. The zero-order chi connectivity index (χ0) is 20.3. The minimum absolute atomic E-state index is 0.171. The van der Waals surface area contributed by atoms with Crippen LogP contribution in [0.2, 0.25) is 0 Å². The minimum Gasteiger partial charge on any atom is -0.491 e. The molecule has 5 nitrogen and oxygen atoms in total. The maximum absolute atomic E-state index is 10.5. The Labute approximate surface area is 171 Å². The molecule has 0 aliphatic carbocycles. The van der Waals surface area contributed by atoms with E-state index in [2.05, 4.69) is 0 Å². The Morgan fingerprint density at radius 2 is 0.966 bits per heavy atom. The quantitative estimate of drug-likeness (QED) is 0.523. The lowest BCUT2D eigenvalue weighted by Crippen LogP contribution is -2.41. The van der Waals surface area contributed by atoms with E-state index in [1.54, 1.807) is 0 Å². The Hall–Kier alpha value is -3.02. The maximum Gasteiger partial charge on any atom is 0.119 e. The fourth-order valence-electron chi connectivity index (χ4n) is 2.96. The molecule has 0 saturated heterocycles. The van der Waals surface area contributed by atoms with E-state index in [0.29, 0.717) is 24.6 Å². The van der Waals surface area contributed by atoms with Crippen molar-refractivity contribution >= 4 is 5.69 Å². The standard InChI is InChI=1S/C24H27NO4/c26-21(18-28-23-12-6-2-7-13-23)16-25(20-10-4-1-5-11-20)17-22(27)19-29-24-14-8-3-9-15-24/h1-15,21-22,26-27H,16-19H2. The summed E-state index contributed by atoms with van der Waals surface area (Å²) in [6.07, 6.45) is -1.42. The van der Waals surface area contributed by atoms with Crippen LogP contribution in [0, 0.1) is 0 Å². The molecule has 0 aliphatic rings. The van der Waals surface area contributed by atoms with E-state index in [1.165, 1.54) is 0 Å². The average molecular weight is 393 g/mol.